The first-order valence-electron chi connectivity index (χ1n) is 10.1. The molecule has 2 aromatic carbocycles. The van der Waals surface area contributed by atoms with Crippen LogP contribution in [0.2, 0.25) is 0 Å². The molecular formula is C20H27FN5O4PS. The Hall–Kier alpha value is -2.33. The number of nitrogens with zero attached hydrogens (tertiary/aromatic N) is 4. The summed E-state index contributed by atoms with van der Waals surface area (Å²) in [6.07, 6.45) is 2.39. The number of unbranched alkanes of at least 4 members (excludes halogenated alkanes) is 1. The predicted molar refractivity (Wildman–Crippen MR) is 122 cm³/mol. The van der Waals surface area contributed by atoms with E-state index in [-0.39, 0.29) is 17.6 Å². The van der Waals surface area contributed by atoms with Crippen molar-refractivity contribution in [3.8, 4) is 0 Å². The lowest BCUT2D eigenvalue weighted by molar-refractivity contribution is 0.353. The van der Waals surface area contributed by atoms with Gasteiger partial charge in [0.2, 0.25) is 10.0 Å². The number of sulfonamides is 1. The Balaban J connectivity index is 1.65. The van der Waals surface area contributed by atoms with Crippen molar-refractivity contribution < 1.29 is 21.7 Å². The highest BCUT2D eigenvalue weighted by molar-refractivity contribution is 7.89. The fourth-order valence-corrected chi connectivity index (χ4v) is 5.33. The molecule has 0 saturated heterocycles. The minimum atomic E-state index is -4.00. The molecule has 12 heteroatoms. The Morgan fingerprint density at radius 3 is 2.59 bits per heavy atom. The maximum absolute atomic E-state index is 13.3. The van der Waals surface area contributed by atoms with Crippen LogP contribution in [0.3, 0.4) is 0 Å². The Morgan fingerprint density at radius 2 is 1.88 bits per heavy atom. The number of aryl methyl sites for hydroxylation is 1. The van der Waals surface area contributed by atoms with Crippen molar-refractivity contribution in [1.29, 1.82) is 0 Å². The topological polar surface area (TPSA) is 106 Å². The predicted octanol–water partition coefficient (Wildman–Crippen LogP) is 3.57. The molecule has 0 spiro atoms. The summed E-state index contributed by atoms with van der Waals surface area (Å²) in [4.78, 5) is 2.13. The normalized spacial score (nSPS) is 13.9. The molecule has 174 valence electrons. The van der Waals surface area contributed by atoms with Gasteiger partial charge in [-0.25, -0.2) is 13.1 Å². The zero-order chi connectivity index (χ0) is 23.4. The Labute approximate surface area is 187 Å². The minimum Gasteiger partial charge on any atom is -0.377 e. The molecule has 0 aliphatic rings. The van der Waals surface area contributed by atoms with Crippen LogP contribution in [0.4, 0.5) is 9.88 Å². The standard InChI is InChI=1S/C20H27FN5O4PS/c1-25(2)19-10-6-9-18-17(19)8-7-11-20(18)32(28,29)22-14-16-15-26(24-23-16)12-4-5-13-31(21,27)30-3/h6-11,15,22H,4-5,12-14H2,1-3H3. The average Bonchev–Trinajstić information content (AvgIpc) is 3.22. The number of rotatable bonds is 11. The molecule has 0 saturated carbocycles. The zero-order valence-corrected chi connectivity index (χ0v) is 19.9. The number of hydrogen-bond donors (Lipinski definition) is 1. The van der Waals surface area contributed by atoms with Gasteiger partial charge in [0.15, 0.2) is 0 Å². The van der Waals surface area contributed by atoms with Crippen molar-refractivity contribution in [3.63, 3.8) is 0 Å². The minimum absolute atomic E-state index is 0.0184. The van der Waals surface area contributed by atoms with E-state index in [2.05, 4.69) is 19.6 Å². The Bertz CT molecular complexity index is 1230. The number of aromatic nitrogens is 3. The fourth-order valence-electron chi connectivity index (χ4n) is 3.33. The third-order valence-corrected chi connectivity index (χ3v) is 7.85. The molecule has 1 aromatic heterocycles. The van der Waals surface area contributed by atoms with Crippen molar-refractivity contribution in [2.24, 2.45) is 0 Å². The van der Waals surface area contributed by atoms with Gasteiger partial charge in [0.25, 0.3) is 0 Å². The van der Waals surface area contributed by atoms with Gasteiger partial charge in [-0.1, -0.05) is 29.5 Å². The van der Waals surface area contributed by atoms with Crippen molar-refractivity contribution in [2.45, 2.75) is 30.8 Å². The van der Waals surface area contributed by atoms with E-state index in [1.54, 1.807) is 29.1 Å². The van der Waals surface area contributed by atoms with Crippen molar-refractivity contribution in [3.05, 3.63) is 48.3 Å². The van der Waals surface area contributed by atoms with Gasteiger partial charge in [-0.05, 0) is 25.0 Å². The average molecular weight is 484 g/mol. The van der Waals surface area contributed by atoms with Crippen molar-refractivity contribution in [2.75, 3.05) is 32.3 Å². The molecule has 0 bridgehead atoms. The summed E-state index contributed by atoms with van der Waals surface area (Å²) in [6.45, 7) is 0.426. The SMILES string of the molecule is COP(=O)(F)CCCCn1cc(CNS(=O)(=O)c2cccc3c(N(C)C)cccc23)nn1. The van der Waals surface area contributed by atoms with Crippen LogP contribution in [-0.2, 0) is 32.2 Å². The molecule has 0 amide bonds. The molecule has 3 aromatic rings. The highest BCUT2D eigenvalue weighted by Gasteiger charge is 2.20. The lowest BCUT2D eigenvalue weighted by Gasteiger charge is -2.17. The quantitative estimate of drug-likeness (QED) is 0.328. The zero-order valence-electron chi connectivity index (χ0n) is 18.2. The summed E-state index contributed by atoms with van der Waals surface area (Å²) in [5, 5.41) is 9.42. The van der Waals surface area contributed by atoms with Gasteiger partial charge in [-0.3, -0.25) is 9.25 Å². The van der Waals surface area contributed by atoms with Crippen LogP contribution in [0.5, 0.6) is 0 Å². The van der Waals surface area contributed by atoms with E-state index in [0.29, 0.717) is 30.5 Å². The number of hydrogen-bond acceptors (Lipinski definition) is 7. The van der Waals surface area contributed by atoms with Crippen molar-refractivity contribution >= 4 is 34.2 Å². The molecule has 0 fully saturated rings. The van der Waals surface area contributed by atoms with Crippen LogP contribution in [0.25, 0.3) is 10.8 Å². The fraction of sp³-hybridized carbons (Fsp3) is 0.400. The van der Waals surface area contributed by atoms with E-state index < -0.39 is 17.7 Å². The second-order valence-corrected chi connectivity index (χ2v) is 11.3. The molecule has 1 atom stereocenters. The summed E-state index contributed by atoms with van der Waals surface area (Å²) >= 11 is 0. The third kappa shape index (κ3) is 5.92. The summed E-state index contributed by atoms with van der Waals surface area (Å²) in [7, 11) is -2.89. The van der Waals surface area contributed by atoms with Gasteiger partial charge in [0, 0.05) is 50.4 Å². The Morgan fingerprint density at radius 1 is 1.16 bits per heavy atom. The van der Waals surface area contributed by atoms with Crippen molar-refractivity contribution in [1.82, 2.24) is 19.7 Å². The Kier molecular flexibility index (Phi) is 7.66. The van der Waals surface area contributed by atoms with Gasteiger partial charge in [-0.15, -0.1) is 5.10 Å². The van der Waals surface area contributed by atoms with E-state index in [9.17, 15) is 17.2 Å². The second-order valence-electron chi connectivity index (χ2n) is 7.52. The molecule has 1 heterocycles. The smallest absolute Gasteiger partial charge is 0.367 e. The number of benzene rings is 2. The van der Waals surface area contributed by atoms with E-state index in [0.717, 1.165) is 18.2 Å². The van der Waals surface area contributed by atoms with Gasteiger partial charge in [-0.2, -0.15) is 4.20 Å². The highest BCUT2D eigenvalue weighted by atomic mass is 32.2. The number of anilines is 1. The molecule has 32 heavy (non-hydrogen) atoms. The first-order valence-corrected chi connectivity index (χ1v) is 13.2. The van der Waals surface area contributed by atoms with Gasteiger partial charge < -0.3 is 9.42 Å². The number of nitrogens with one attached hydrogen (secondary N) is 1. The monoisotopic (exact) mass is 483 g/mol. The summed E-state index contributed by atoms with van der Waals surface area (Å²) < 4.78 is 59.0. The third-order valence-electron chi connectivity index (χ3n) is 4.99. The highest BCUT2D eigenvalue weighted by Crippen LogP contribution is 2.48. The van der Waals surface area contributed by atoms with Crippen LogP contribution in [-0.4, -0.2) is 50.8 Å². The number of fused-ring (bicyclic) bond motifs is 1. The lowest BCUT2D eigenvalue weighted by Crippen LogP contribution is -2.23. The van der Waals surface area contributed by atoms with E-state index >= 15 is 0 Å². The second kappa shape index (κ2) is 10.1. The lowest BCUT2D eigenvalue weighted by atomic mass is 10.1. The van der Waals surface area contributed by atoms with Gasteiger partial charge in [0.1, 0.15) is 0 Å². The van der Waals surface area contributed by atoms with Gasteiger partial charge in [0.05, 0.1) is 23.3 Å². The number of halogens is 1. The summed E-state index contributed by atoms with van der Waals surface area (Å²) in [6, 6.07) is 10.7. The van der Waals surface area contributed by atoms with Gasteiger partial charge >= 0.3 is 7.68 Å². The molecule has 3 rings (SSSR count). The van der Waals surface area contributed by atoms with Crippen LogP contribution >= 0.6 is 7.68 Å². The molecule has 1 unspecified atom stereocenters. The molecular weight excluding hydrogens is 456 g/mol. The maximum Gasteiger partial charge on any atom is 0.367 e. The first kappa shape index (κ1) is 24.3. The maximum atomic E-state index is 13.3. The molecule has 0 radical (unpaired) electrons. The first-order chi connectivity index (χ1) is 15.1. The van der Waals surface area contributed by atoms with Crippen LogP contribution < -0.4 is 9.62 Å². The molecule has 0 aliphatic carbocycles. The largest absolute Gasteiger partial charge is 0.377 e. The van der Waals surface area contributed by atoms with Crippen LogP contribution in [0, 0.1) is 0 Å². The van der Waals surface area contributed by atoms with E-state index in [1.165, 1.54) is 0 Å². The van der Waals surface area contributed by atoms with E-state index in [4.69, 9.17) is 0 Å². The molecule has 1 N–H and O–H groups in total. The molecule has 0 aliphatic heterocycles. The summed E-state index contributed by atoms with van der Waals surface area (Å²) in [5.41, 5.74) is 1.38. The molecule has 9 nitrogen and oxygen atoms in total. The van der Waals surface area contributed by atoms with Crippen LogP contribution in [0.1, 0.15) is 18.5 Å². The summed E-state index contributed by atoms with van der Waals surface area (Å²) in [5.74, 6) is 0. The van der Waals surface area contributed by atoms with E-state index in [1.807, 2.05) is 37.2 Å². The van der Waals surface area contributed by atoms with Crippen LogP contribution in [0.15, 0.2) is 47.5 Å².